The highest BCUT2D eigenvalue weighted by atomic mass is 16.5. The van der Waals surface area contributed by atoms with Crippen LogP contribution in [0.1, 0.15) is 32.8 Å². The predicted molar refractivity (Wildman–Crippen MR) is 80.0 cm³/mol. The summed E-state index contributed by atoms with van der Waals surface area (Å²) in [6.07, 6.45) is 0.940. The van der Waals surface area contributed by atoms with E-state index in [1.807, 2.05) is 25.1 Å². The number of aryl methyl sites for hydroxylation is 1. The fraction of sp³-hybridized carbons (Fsp3) is 0.375. The molecule has 4 nitrogen and oxygen atoms in total. The number of rotatable bonds is 4. The Balaban J connectivity index is 2.30. The van der Waals surface area contributed by atoms with Crippen molar-refractivity contribution in [2.75, 3.05) is 0 Å². The van der Waals surface area contributed by atoms with E-state index in [2.05, 4.69) is 31.0 Å². The largest absolute Gasteiger partial charge is 0.488 e. The third-order valence-electron chi connectivity index (χ3n) is 3.39. The minimum atomic E-state index is -0.199. The van der Waals surface area contributed by atoms with Crippen molar-refractivity contribution in [3.05, 3.63) is 46.2 Å². The Morgan fingerprint density at radius 1 is 1.25 bits per heavy atom. The van der Waals surface area contributed by atoms with Crippen molar-refractivity contribution in [2.24, 2.45) is 0 Å². The van der Waals surface area contributed by atoms with Crippen molar-refractivity contribution < 1.29 is 4.74 Å². The topological polar surface area (TPSA) is 55.0 Å². The number of hydrogen-bond donors (Lipinski definition) is 1. The monoisotopic (exact) mass is 272 g/mol. The number of H-pyrrole nitrogens is 1. The molecular weight excluding hydrogens is 252 g/mol. The summed E-state index contributed by atoms with van der Waals surface area (Å²) in [5.41, 5.74) is 2.38. The SMILES string of the molecule is CCC(C)(C)Oc1ccc(-c2ccc(=O)[nH]n2)cc1C. The maximum Gasteiger partial charge on any atom is 0.264 e. The second kappa shape index (κ2) is 5.49. The normalized spacial score (nSPS) is 11.4. The van der Waals surface area contributed by atoms with E-state index in [1.54, 1.807) is 6.07 Å². The summed E-state index contributed by atoms with van der Waals surface area (Å²) in [7, 11) is 0. The highest BCUT2D eigenvalue weighted by Gasteiger charge is 2.18. The second-order valence-corrected chi connectivity index (χ2v) is 5.50. The molecule has 0 bridgehead atoms. The maximum atomic E-state index is 11.0. The molecule has 2 rings (SSSR count). The van der Waals surface area contributed by atoms with E-state index in [-0.39, 0.29) is 11.2 Å². The maximum absolute atomic E-state index is 11.0. The van der Waals surface area contributed by atoms with Crippen molar-refractivity contribution in [3.8, 4) is 17.0 Å². The van der Waals surface area contributed by atoms with Gasteiger partial charge in [0.25, 0.3) is 5.56 Å². The first-order valence-corrected chi connectivity index (χ1v) is 6.77. The van der Waals surface area contributed by atoms with E-state index >= 15 is 0 Å². The Morgan fingerprint density at radius 2 is 2.00 bits per heavy atom. The summed E-state index contributed by atoms with van der Waals surface area (Å²) in [5, 5.41) is 6.47. The van der Waals surface area contributed by atoms with Crippen LogP contribution in [0.15, 0.2) is 35.1 Å². The first kappa shape index (κ1) is 14.3. The van der Waals surface area contributed by atoms with E-state index in [4.69, 9.17) is 4.74 Å². The van der Waals surface area contributed by atoms with E-state index in [1.165, 1.54) is 6.07 Å². The van der Waals surface area contributed by atoms with Crippen LogP contribution >= 0.6 is 0 Å². The van der Waals surface area contributed by atoms with E-state index in [9.17, 15) is 4.79 Å². The smallest absolute Gasteiger partial charge is 0.264 e. The average molecular weight is 272 g/mol. The van der Waals surface area contributed by atoms with Gasteiger partial charge in [-0.1, -0.05) is 6.92 Å². The van der Waals surface area contributed by atoms with Crippen molar-refractivity contribution in [2.45, 2.75) is 39.7 Å². The van der Waals surface area contributed by atoms with E-state index in [0.29, 0.717) is 0 Å². The number of aromatic nitrogens is 2. The molecule has 2 aromatic rings. The molecule has 106 valence electrons. The molecule has 0 aliphatic heterocycles. The molecule has 1 heterocycles. The van der Waals surface area contributed by atoms with Crippen LogP contribution in [-0.2, 0) is 0 Å². The van der Waals surface area contributed by atoms with Crippen LogP contribution in [-0.4, -0.2) is 15.8 Å². The van der Waals surface area contributed by atoms with Crippen molar-refractivity contribution in [3.63, 3.8) is 0 Å². The van der Waals surface area contributed by atoms with Gasteiger partial charge in [-0.25, -0.2) is 5.10 Å². The molecule has 0 saturated carbocycles. The van der Waals surface area contributed by atoms with Gasteiger partial charge in [-0.05, 0) is 57.0 Å². The molecule has 0 amide bonds. The molecule has 1 aromatic carbocycles. The Labute approximate surface area is 118 Å². The van der Waals surface area contributed by atoms with Gasteiger partial charge in [0.15, 0.2) is 0 Å². The van der Waals surface area contributed by atoms with Crippen LogP contribution in [0.4, 0.5) is 0 Å². The zero-order valence-corrected chi connectivity index (χ0v) is 12.4. The van der Waals surface area contributed by atoms with Gasteiger partial charge in [-0.2, -0.15) is 5.10 Å². The zero-order chi connectivity index (χ0) is 14.8. The third-order valence-corrected chi connectivity index (χ3v) is 3.39. The molecule has 0 saturated heterocycles. The molecule has 0 spiro atoms. The minimum absolute atomic E-state index is 0.178. The molecule has 4 heteroatoms. The molecule has 20 heavy (non-hydrogen) atoms. The van der Waals surface area contributed by atoms with Crippen molar-refractivity contribution >= 4 is 0 Å². The van der Waals surface area contributed by atoms with Gasteiger partial charge >= 0.3 is 0 Å². The van der Waals surface area contributed by atoms with Crippen LogP contribution < -0.4 is 10.3 Å². The fourth-order valence-corrected chi connectivity index (χ4v) is 1.80. The van der Waals surface area contributed by atoms with Crippen molar-refractivity contribution in [1.29, 1.82) is 0 Å². The number of aromatic amines is 1. The van der Waals surface area contributed by atoms with E-state index in [0.717, 1.165) is 29.0 Å². The highest BCUT2D eigenvalue weighted by molar-refractivity contribution is 5.61. The summed E-state index contributed by atoms with van der Waals surface area (Å²) in [6.45, 7) is 8.26. The number of nitrogens with one attached hydrogen (secondary N) is 1. The van der Waals surface area contributed by atoms with Crippen LogP contribution in [0, 0.1) is 6.92 Å². The lowest BCUT2D eigenvalue weighted by molar-refractivity contribution is 0.104. The summed E-state index contributed by atoms with van der Waals surface area (Å²) >= 11 is 0. The molecule has 1 aromatic heterocycles. The fourth-order valence-electron chi connectivity index (χ4n) is 1.80. The summed E-state index contributed by atoms with van der Waals surface area (Å²) in [5.74, 6) is 0.880. The predicted octanol–water partition coefficient (Wildman–Crippen LogP) is 3.31. The van der Waals surface area contributed by atoms with Gasteiger partial charge in [0, 0.05) is 11.6 Å². The summed E-state index contributed by atoms with van der Waals surface area (Å²) in [6, 6.07) is 9.11. The number of nitrogens with zero attached hydrogens (tertiary/aromatic N) is 1. The highest BCUT2D eigenvalue weighted by Crippen LogP contribution is 2.28. The lowest BCUT2D eigenvalue weighted by Crippen LogP contribution is -2.27. The lowest BCUT2D eigenvalue weighted by atomic mass is 10.0. The molecule has 0 aliphatic carbocycles. The summed E-state index contributed by atoms with van der Waals surface area (Å²) < 4.78 is 6.01. The standard InChI is InChI=1S/C16H20N2O2/c1-5-16(3,4)20-14-8-6-12(10-11(14)2)13-7-9-15(19)18-17-13/h6-10H,5H2,1-4H3,(H,18,19). The number of hydrogen-bond acceptors (Lipinski definition) is 3. The number of benzene rings is 1. The Kier molecular flexibility index (Phi) is 3.93. The first-order chi connectivity index (χ1) is 9.41. The summed E-state index contributed by atoms with van der Waals surface area (Å²) in [4.78, 5) is 11.0. The van der Waals surface area contributed by atoms with Crippen molar-refractivity contribution in [1.82, 2.24) is 10.2 Å². The Hall–Kier alpha value is -2.10. The van der Waals surface area contributed by atoms with Crippen LogP contribution in [0.5, 0.6) is 5.75 Å². The Bertz CT molecular complexity index is 639. The molecule has 0 radical (unpaired) electrons. The van der Waals surface area contributed by atoms with Gasteiger partial charge in [-0.15, -0.1) is 0 Å². The lowest BCUT2D eigenvalue weighted by Gasteiger charge is -2.26. The molecule has 0 fully saturated rings. The van der Waals surface area contributed by atoms with Crippen LogP contribution in [0.3, 0.4) is 0 Å². The van der Waals surface area contributed by atoms with Gasteiger partial charge in [-0.3, -0.25) is 4.79 Å². The molecule has 0 unspecified atom stereocenters. The quantitative estimate of drug-likeness (QED) is 0.929. The molecule has 0 aliphatic rings. The first-order valence-electron chi connectivity index (χ1n) is 6.77. The average Bonchev–Trinajstić information content (AvgIpc) is 2.42. The molecule has 1 N–H and O–H groups in total. The van der Waals surface area contributed by atoms with Gasteiger partial charge in [0.05, 0.1) is 5.69 Å². The second-order valence-electron chi connectivity index (χ2n) is 5.50. The third kappa shape index (κ3) is 3.26. The van der Waals surface area contributed by atoms with Gasteiger partial charge in [0.2, 0.25) is 0 Å². The zero-order valence-electron chi connectivity index (χ0n) is 12.4. The van der Waals surface area contributed by atoms with Crippen LogP contribution in [0.25, 0.3) is 11.3 Å². The minimum Gasteiger partial charge on any atom is -0.488 e. The Morgan fingerprint density at radius 3 is 2.55 bits per heavy atom. The van der Waals surface area contributed by atoms with E-state index < -0.39 is 0 Å². The molecular formula is C16H20N2O2. The van der Waals surface area contributed by atoms with Crippen LogP contribution in [0.2, 0.25) is 0 Å². The van der Waals surface area contributed by atoms with Gasteiger partial charge in [0.1, 0.15) is 11.4 Å². The molecule has 0 atom stereocenters. The van der Waals surface area contributed by atoms with Gasteiger partial charge < -0.3 is 4.74 Å². The number of ether oxygens (including phenoxy) is 1.